The molecule has 0 atom stereocenters. The predicted octanol–water partition coefficient (Wildman–Crippen LogP) is 2.74. The first kappa shape index (κ1) is 19.4. The molecule has 1 amide bonds. The lowest BCUT2D eigenvalue weighted by molar-refractivity contribution is 0.102. The van der Waals surface area contributed by atoms with Crippen LogP contribution in [0.3, 0.4) is 0 Å². The van der Waals surface area contributed by atoms with Crippen LogP contribution in [-0.4, -0.2) is 43.6 Å². The Morgan fingerprint density at radius 1 is 1.11 bits per heavy atom. The molecule has 144 valence electrons. The van der Waals surface area contributed by atoms with E-state index in [0.29, 0.717) is 17.3 Å². The summed E-state index contributed by atoms with van der Waals surface area (Å²) in [5, 5.41) is 2.88. The number of halogens is 1. The number of nitrogens with zero attached hydrogens (tertiary/aromatic N) is 3. The second-order valence-corrected chi connectivity index (χ2v) is 8.48. The van der Waals surface area contributed by atoms with Gasteiger partial charge < -0.3 is 10.2 Å². The van der Waals surface area contributed by atoms with Crippen molar-refractivity contribution in [3.63, 3.8) is 0 Å². The number of aromatic nitrogens is 2. The van der Waals surface area contributed by atoms with E-state index in [1.54, 1.807) is 24.3 Å². The van der Waals surface area contributed by atoms with Gasteiger partial charge in [0, 0.05) is 24.5 Å². The van der Waals surface area contributed by atoms with Crippen molar-refractivity contribution in [3.05, 3.63) is 41.2 Å². The van der Waals surface area contributed by atoms with Gasteiger partial charge >= 0.3 is 0 Å². The topological polar surface area (TPSA) is 104 Å². The average Bonchev–Trinajstić information content (AvgIpc) is 2.63. The minimum Gasteiger partial charge on any atom is -0.341 e. The molecule has 0 aliphatic carbocycles. The van der Waals surface area contributed by atoms with Crippen LogP contribution in [0.25, 0.3) is 0 Å². The number of anilines is 3. The predicted molar refractivity (Wildman–Crippen MR) is 106 cm³/mol. The molecule has 1 aliphatic rings. The van der Waals surface area contributed by atoms with Crippen molar-refractivity contribution in [3.8, 4) is 0 Å². The highest BCUT2D eigenvalue weighted by atomic mass is 35.5. The first-order valence-corrected chi connectivity index (χ1v) is 10.8. The van der Waals surface area contributed by atoms with Crippen molar-refractivity contribution in [2.75, 3.05) is 34.3 Å². The molecule has 2 aromatic rings. The zero-order valence-corrected chi connectivity index (χ0v) is 16.3. The fraction of sp³-hybridized carbons (Fsp3) is 0.353. The molecule has 10 heteroatoms. The van der Waals surface area contributed by atoms with Crippen molar-refractivity contribution in [2.24, 2.45) is 0 Å². The summed E-state index contributed by atoms with van der Waals surface area (Å²) in [6.07, 6.45) is 5.83. The third kappa shape index (κ3) is 5.30. The average molecular weight is 410 g/mol. The Balaban J connectivity index is 1.73. The number of hydrogen-bond donors (Lipinski definition) is 2. The maximum absolute atomic E-state index is 12.6. The molecule has 27 heavy (non-hydrogen) atoms. The first-order valence-electron chi connectivity index (χ1n) is 8.48. The maximum Gasteiger partial charge on any atom is 0.276 e. The molecule has 0 saturated carbocycles. The second kappa shape index (κ2) is 8.10. The van der Waals surface area contributed by atoms with Crippen LogP contribution < -0.4 is 14.9 Å². The number of hydrogen-bond acceptors (Lipinski definition) is 6. The molecule has 0 unspecified atom stereocenters. The summed E-state index contributed by atoms with van der Waals surface area (Å²) >= 11 is 6.11. The SMILES string of the molecule is CS(=O)(=O)Nc1ccc(NC(=O)c2nc(N3CCCCC3)ncc2Cl)cc1. The van der Waals surface area contributed by atoms with Crippen molar-refractivity contribution >= 4 is 44.9 Å². The lowest BCUT2D eigenvalue weighted by atomic mass is 10.1. The fourth-order valence-electron chi connectivity index (χ4n) is 2.79. The van der Waals surface area contributed by atoms with Gasteiger partial charge in [0.2, 0.25) is 16.0 Å². The molecule has 0 bridgehead atoms. The van der Waals surface area contributed by atoms with Gasteiger partial charge in [0.15, 0.2) is 5.69 Å². The highest BCUT2D eigenvalue weighted by Gasteiger charge is 2.19. The summed E-state index contributed by atoms with van der Waals surface area (Å²) in [6.45, 7) is 1.72. The van der Waals surface area contributed by atoms with Crippen molar-refractivity contribution < 1.29 is 13.2 Å². The minimum absolute atomic E-state index is 0.102. The van der Waals surface area contributed by atoms with Gasteiger partial charge in [-0.25, -0.2) is 18.4 Å². The van der Waals surface area contributed by atoms with Gasteiger partial charge in [0.1, 0.15) is 0 Å². The maximum atomic E-state index is 12.6. The van der Waals surface area contributed by atoms with E-state index < -0.39 is 15.9 Å². The van der Waals surface area contributed by atoms with Crippen LogP contribution in [0.15, 0.2) is 30.5 Å². The highest BCUT2D eigenvalue weighted by Crippen LogP contribution is 2.21. The molecular formula is C17H20ClN5O3S. The molecule has 1 aromatic carbocycles. The number of carbonyl (C=O) groups is 1. The van der Waals surface area contributed by atoms with E-state index in [4.69, 9.17) is 11.6 Å². The summed E-state index contributed by atoms with van der Waals surface area (Å²) in [5.74, 6) is 0.0430. The van der Waals surface area contributed by atoms with E-state index in [2.05, 4.69) is 20.0 Å². The molecule has 1 fully saturated rings. The Kier molecular flexibility index (Phi) is 5.81. The third-order valence-electron chi connectivity index (χ3n) is 4.03. The Bertz CT molecular complexity index is 928. The molecule has 1 saturated heterocycles. The second-order valence-electron chi connectivity index (χ2n) is 6.32. The number of piperidine rings is 1. The molecule has 0 radical (unpaired) electrons. The van der Waals surface area contributed by atoms with Gasteiger partial charge in [-0.05, 0) is 43.5 Å². The van der Waals surface area contributed by atoms with Crippen LogP contribution in [0.1, 0.15) is 29.8 Å². The van der Waals surface area contributed by atoms with Gasteiger partial charge in [-0.3, -0.25) is 9.52 Å². The smallest absolute Gasteiger partial charge is 0.276 e. The van der Waals surface area contributed by atoms with Crippen LogP contribution >= 0.6 is 11.6 Å². The summed E-state index contributed by atoms with van der Waals surface area (Å²) in [4.78, 5) is 23.2. The monoisotopic (exact) mass is 409 g/mol. The molecule has 0 spiro atoms. The quantitative estimate of drug-likeness (QED) is 0.786. The van der Waals surface area contributed by atoms with Gasteiger partial charge in [0.25, 0.3) is 5.91 Å². The lowest BCUT2D eigenvalue weighted by Crippen LogP contribution is -2.31. The number of nitrogens with one attached hydrogen (secondary N) is 2. The van der Waals surface area contributed by atoms with E-state index in [0.717, 1.165) is 32.2 Å². The standard InChI is InChI=1S/C17H20ClN5O3S/c1-27(25,26)22-13-7-5-12(6-8-13)20-16(24)15-14(18)11-19-17(21-15)23-9-3-2-4-10-23/h5-8,11,22H,2-4,9-10H2,1H3,(H,20,24). The minimum atomic E-state index is -3.35. The van der Waals surface area contributed by atoms with Crippen LogP contribution in [-0.2, 0) is 10.0 Å². The molecular weight excluding hydrogens is 390 g/mol. The number of amides is 1. The normalized spacial score (nSPS) is 14.7. The lowest BCUT2D eigenvalue weighted by Gasteiger charge is -2.26. The van der Waals surface area contributed by atoms with Crippen molar-refractivity contribution in [1.82, 2.24) is 9.97 Å². The summed E-state index contributed by atoms with van der Waals surface area (Å²) in [5.41, 5.74) is 1.00. The summed E-state index contributed by atoms with van der Waals surface area (Å²) in [6, 6.07) is 6.28. The van der Waals surface area contributed by atoms with E-state index >= 15 is 0 Å². The summed E-state index contributed by atoms with van der Waals surface area (Å²) < 4.78 is 24.8. The van der Waals surface area contributed by atoms with Crippen LogP contribution in [0.4, 0.5) is 17.3 Å². The number of carbonyl (C=O) groups excluding carboxylic acids is 1. The van der Waals surface area contributed by atoms with Crippen LogP contribution in [0.5, 0.6) is 0 Å². The first-order chi connectivity index (χ1) is 12.8. The molecule has 2 N–H and O–H groups in total. The molecule has 2 heterocycles. The largest absolute Gasteiger partial charge is 0.341 e. The molecule has 8 nitrogen and oxygen atoms in total. The third-order valence-corrected chi connectivity index (χ3v) is 4.91. The molecule has 1 aliphatic heterocycles. The molecule has 1 aromatic heterocycles. The Hall–Kier alpha value is -2.39. The van der Waals surface area contributed by atoms with Gasteiger partial charge in [-0.2, -0.15) is 0 Å². The van der Waals surface area contributed by atoms with Crippen molar-refractivity contribution in [2.45, 2.75) is 19.3 Å². The zero-order valence-electron chi connectivity index (χ0n) is 14.8. The van der Waals surface area contributed by atoms with Crippen LogP contribution in [0, 0.1) is 0 Å². The summed E-state index contributed by atoms with van der Waals surface area (Å²) in [7, 11) is -3.35. The van der Waals surface area contributed by atoms with Crippen molar-refractivity contribution in [1.29, 1.82) is 0 Å². The highest BCUT2D eigenvalue weighted by molar-refractivity contribution is 7.92. The molecule has 3 rings (SSSR count). The van der Waals surface area contributed by atoms with Gasteiger partial charge in [0.05, 0.1) is 17.5 Å². The number of benzene rings is 1. The van der Waals surface area contributed by atoms with E-state index in [1.165, 1.54) is 12.6 Å². The van der Waals surface area contributed by atoms with Gasteiger partial charge in [-0.15, -0.1) is 0 Å². The zero-order chi connectivity index (χ0) is 19.4. The van der Waals surface area contributed by atoms with Gasteiger partial charge in [-0.1, -0.05) is 11.6 Å². The Labute approximate surface area is 163 Å². The van der Waals surface area contributed by atoms with E-state index in [-0.39, 0.29) is 10.7 Å². The fourth-order valence-corrected chi connectivity index (χ4v) is 3.53. The Morgan fingerprint density at radius 3 is 2.37 bits per heavy atom. The Morgan fingerprint density at radius 2 is 1.74 bits per heavy atom. The van der Waals surface area contributed by atoms with Crippen LogP contribution in [0.2, 0.25) is 5.02 Å². The number of rotatable bonds is 5. The van der Waals surface area contributed by atoms with E-state index in [1.807, 2.05) is 4.90 Å². The van der Waals surface area contributed by atoms with E-state index in [9.17, 15) is 13.2 Å². The number of sulfonamides is 1.